The van der Waals surface area contributed by atoms with Crippen LogP contribution in [0.2, 0.25) is 0 Å². The van der Waals surface area contributed by atoms with Crippen LogP contribution in [0.4, 0.5) is 5.13 Å². The molecule has 4 aromatic carbocycles. The number of carbonyl (C=O) groups excluding carboxylic acids is 1. The normalized spacial score (nSPS) is 12.2. The first kappa shape index (κ1) is 23.5. The minimum absolute atomic E-state index is 0.153. The lowest BCUT2D eigenvalue weighted by Crippen LogP contribution is -2.30. The van der Waals surface area contributed by atoms with Crippen molar-refractivity contribution >= 4 is 43.2 Å². The lowest BCUT2D eigenvalue weighted by molar-refractivity contribution is 0.102. The van der Waals surface area contributed by atoms with Gasteiger partial charge in [0.1, 0.15) is 0 Å². The highest BCUT2D eigenvalue weighted by Crippen LogP contribution is 2.50. The molecular weight excluding hydrogens is 502 g/mol. The molecule has 1 heterocycles. The summed E-state index contributed by atoms with van der Waals surface area (Å²) >= 11 is 1.44. The summed E-state index contributed by atoms with van der Waals surface area (Å²) in [6.45, 7) is 2.44. The number of rotatable bonds is 7. The van der Waals surface area contributed by atoms with E-state index < -0.39 is 10.0 Å². The van der Waals surface area contributed by atoms with Gasteiger partial charge >= 0.3 is 0 Å². The van der Waals surface area contributed by atoms with Crippen LogP contribution in [-0.2, 0) is 16.6 Å². The van der Waals surface area contributed by atoms with E-state index in [0.717, 1.165) is 27.3 Å². The third-order valence-corrected chi connectivity index (χ3v) is 9.50. The summed E-state index contributed by atoms with van der Waals surface area (Å²) in [6, 6.07) is 27.9. The zero-order valence-electron chi connectivity index (χ0n) is 20.0. The van der Waals surface area contributed by atoms with Gasteiger partial charge in [-0.15, -0.1) is 0 Å². The van der Waals surface area contributed by atoms with Gasteiger partial charge in [0.25, 0.3) is 5.91 Å². The molecule has 5 aromatic rings. The monoisotopic (exact) mass is 525 g/mol. The van der Waals surface area contributed by atoms with Gasteiger partial charge in [0, 0.05) is 29.8 Å². The number of thiazole rings is 1. The van der Waals surface area contributed by atoms with E-state index >= 15 is 0 Å². The van der Waals surface area contributed by atoms with Crippen LogP contribution in [0.3, 0.4) is 0 Å². The molecule has 0 fully saturated rings. The Kier molecular flexibility index (Phi) is 5.87. The fourth-order valence-electron chi connectivity index (χ4n) is 4.72. The number of nitrogens with zero attached hydrogens (tertiary/aromatic N) is 2. The number of benzene rings is 4. The molecule has 1 N–H and O–H groups in total. The van der Waals surface area contributed by atoms with Gasteiger partial charge < -0.3 is 0 Å². The molecule has 0 saturated heterocycles. The van der Waals surface area contributed by atoms with Crippen molar-refractivity contribution in [2.24, 2.45) is 0 Å². The number of aromatic nitrogens is 1. The zero-order valence-corrected chi connectivity index (χ0v) is 21.6. The summed E-state index contributed by atoms with van der Waals surface area (Å²) in [7, 11) is -3.70. The van der Waals surface area contributed by atoms with Gasteiger partial charge in [-0.2, -0.15) is 4.31 Å². The molecule has 1 aliphatic rings. The quantitative estimate of drug-likeness (QED) is 0.261. The van der Waals surface area contributed by atoms with E-state index in [9.17, 15) is 13.2 Å². The van der Waals surface area contributed by atoms with Crippen molar-refractivity contribution in [3.8, 4) is 21.7 Å². The van der Waals surface area contributed by atoms with Crippen molar-refractivity contribution in [2.45, 2.75) is 18.4 Å². The standard InChI is InChI=1S/C29H23N3O3S2/c1-2-32(18-19-8-4-3-5-9-19)37(34,35)22-16-14-21(15-17-22)28(33)31-29-30-26-23-12-6-10-20-11-7-13-24(25(20)23)27(26)36-29/h3-17H,2,18H2,1H3,(H,30,31,33). The molecule has 1 aromatic heterocycles. The van der Waals surface area contributed by atoms with Gasteiger partial charge in [-0.25, -0.2) is 13.4 Å². The van der Waals surface area contributed by atoms with E-state index in [1.807, 2.05) is 49.4 Å². The summed E-state index contributed by atoms with van der Waals surface area (Å²) in [5.74, 6) is -0.334. The number of fused-ring (bicyclic) bond motifs is 3. The van der Waals surface area contributed by atoms with Gasteiger partial charge in [0.05, 0.1) is 15.5 Å². The van der Waals surface area contributed by atoms with E-state index in [2.05, 4.69) is 29.6 Å². The third kappa shape index (κ3) is 4.13. The number of nitrogens with one attached hydrogen (secondary N) is 1. The zero-order chi connectivity index (χ0) is 25.6. The van der Waals surface area contributed by atoms with Crippen LogP contribution in [0.5, 0.6) is 0 Å². The second-order valence-corrected chi connectivity index (χ2v) is 11.7. The summed E-state index contributed by atoms with van der Waals surface area (Å²) in [6.07, 6.45) is 0. The molecule has 6 rings (SSSR count). The molecule has 0 atom stereocenters. The number of sulfonamides is 1. The highest BCUT2D eigenvalue weighted by atomic mass is 32.2. The number of anilines is 1. The van der Waals surface area contributed by atoms with Gasteiger partial charge in [0.15, 0.2) is 5.13 Å². The first-order valence-electron chi connectivity index (χ1n) is 11.9. The second-order valence-electron chi connectivity index (χ2n) is 8.80. The Balaban J connectivity index is 1.20. The maximum Gasteiger partial charge on any atom is 0.257 e. The molecule has 184 valence electrons. The van der Waals surface area contributed by atoms with Crippen molar-refractivity contribution < 1.29 is 13.2 Å². The van der Waals surface area contributed by atoms with Gasteiger partial charge in [-0.3, -0.25) is 10.1 Å². The molecule has 8 heteroatoms. The summed E-state index contributed by atoms with van der Waals surface area (Å²) in [4.78, 5) is 18.9. The summed E-state index contributed by atoms with van der Waals surface area (Å²) in [5.41, 5.74) is 4.37. The van der Waals surface area contributed by atoms with Gasteiger partial charge in [-0.05, 0) is 40.6 Å². The number of hydrogen-bond acceptors (Lipinski definition) is 5. The molecule has 0 unspecified atom stereocenters. The average Bonchev–Trinajstić information content (AvgIpc) is 3.47. The predicted molar refractivity (Wildman–Crippen MR) is 148 cm³/mol. The Bertz CT molecular complexity index is 1690. The van der Waals surface area contributed by atoms with E-state index in [-0.39, 0.29) is 17.3 Å². The predicted octanol–water partition coefficient (Wildman–Crippen LogP) is 6.41. The van der Waals surface area contributed by atoms with Crippen LogP contribution in [0.15, 0.2) is 95.9 Å². The van der Waals surface area contributed by atoms with Gasteiger partial charge in [0.2, 0.25) is 10.0 Å². The number of hydrogen-bond donors (Lipinski definition) is 1. The van der Waals surface area contributed by atoms with Crippen LogP contribution in [-0.4, -0.2) is 30.2 Å². The van der Waals surface area contributed by atoms with E-state index in [4.69, 9.17) is 4.98 Å². The Morgan fingerprint density at radius 3 is 2.30 bits per heavy atom. The lowest BCUT2D eigenvalue weighted by Gasteiger charge is -2.20. The SMILES string of the molecule is CCN(Cc1ccccc1)S(=O)(=O)c1ccc(C(=O)Nc2nc3c(s2)-c2cccc4cccc-3c24)cc1. The van der Waals surface area contributed by atoms with Crippen molar-refractivity contribution in [3.63, 3.8) is 0 Å². The van der Waals surface area contributed by atoms with Crippen molar-refractivity contribution in [1.29, 1.82) is 0 Å². The molecule has 0 aliphatic heterocycles. The third-order valence-electron chi connectivity index (χ3n) is 6.56. The molecule has 0 spiro atoms. The summed E-state index contributed by atoms with van der Waals surface area (Å²) < 4.78 is 27.9. The Morgan fingerprint density at radius 1 is 0.892 bits per heavy atom. The Hall–Kier alpha value is -3.85. The highest BCUT2D eigenvalue weighted by molar-refractivity contribution is 7.89. The molecule has 1 aliphatic carbocycles. The molecule has 1 amide bonds. The molecule has 0 radical (unpaired) electrons. The largest absolute Gasteiger partial charge is 0.298 e. The number of carbonyl (C=O) groups is 1. The summed E-state index contributed by atoms with van der Waals surface area (Å²) in [5, 5.41) is 5.76. The van der Waals surface area contributed by atoms with E-state index in [1.165, 1.54) is 50.7 Å². The van der Waals surface area contributed by atoms with E-state index in [0.29, 0.717) is 17.2 Å². The minimum Gasteiger partial charge on any atom is -0.298 e. The maximum atomic E-state index is 13.2. The van der Waals surface area contributed by atoms with Crippen LogP contribution in [0, 0.1) is 0 Å². The van der Waals surface area contributed by atoms with Crippen LogP contribution in [0.1, 0.15) is 22.8 Å². The first-order valence-corrected chi connectivity index (χ1v) is 14.2. The van der Waals surface area contributed by atoms with Crippen molar-refractivity contribution in [2.75, 3.05) is 11.9 Å². The van der Waals surface area contributed by atoms with Gasteiger partial charge in [-0.1, -0.05) is 85.0 Å². The fraction of sp³-hybridized carbons (Fsp3) is 0.103. The lowest BCUT2D eigenvalue weighted by atomic mass is 10.0. The van der Waals surface area contributed by atoms with Crippen LogP contribution >= 0.6 is 11.3 Å². The average molecular weight is 526 g/mol. The first-order chi connectivity index (χ1) is 18.0. The maximum absolute atomic E-state index is 13.2. The molecule has 6 nitrogen and oxygen atoms in total. The van der Waals surface area contributed by atoms with Crippen LogP contribution < -0.4 is 5.32 Å². The number of amides is 1. The molecule has 37 heavy (non-hydrogen) atoms. The smallest absolute Gasteiger partial charge is 0.257 e. The molecule has 0 saturated carbocycles. The molecular formula is C29H23N3O3S2. The van der Waals surface area contributed by atoms with E-state index in [1.54, 1.807) is 0 Å². The van der Waals surface area contributed by atoms with Crippen LogP contribution in [0.25, 0.3) is 32.5 Å². The Labute approximate surface area is 219 Å². The van der Waals surface area contributed by atoms with Crippen molar-refractivity contribution in [3.05, 3.63) is 102 Å². The minimum atomic E-state index is -3.70. The topological polar surface area (TPSA) is 79.4 Å². The fourth-order valence-corrected chi connectivity index (χ4v) is 7.16. The molecule has 0 bridgehead atoms. The Morgan fingerprint density at radius 2 is 1.59 bits per heavy atom. The second kappa shape index (κ2) is 9.23. The van der Waals surface area contributed by atoms with Crippen molar-refractivity contribution in [1.82, 2.24) is 9.29 Å². The highest BCUT2D eigenvalue weighted by Gasteiger charge is 2.27.